The van der Waals surface area contributed by atoms with Crippen LogP contribution in [0.25, 0.3) is 5.69 Å². The van der Waals surface area contributed by atoms with Gasteiger partial charge in [0.15, 0.2) is 5.82 Å². The first kappa shape index (κ1) is 25.7. The first-order chi connectivity index (χ1) is 17.2. The molecular weight excluding hydrogens is 459 g/mol. The van der Waals surface area contributed by atoms with Gasteiger partial charge in [-0.2, -0.15) is 0 Å². The van der Waals surface area contributed by atoms with E-state index >= 15 is 4.39 Å². The van der Waals surface area contributed by atoms with Gasteiger partial charge in [0, 0.05) is 31.1 Å². The van der Waals surface area contributed by atoms with Gasteiger partial charge in [0.1, 0.15) is 11.4 Å². The Morgan fingerprint density at radius 3 is 2.31 bits per heavy atom. The summed E-state index contributed by atoms with van der Waals surface area (Å²) in [6.07, 6.45) is 4.38. The summed E-state index contributed by atoms with van der Waals surface area (Å²) in [5.41, 5.74) is 1.40. The fourth-order valence-corrected chi connectivity index (χ4v) is 4.75. The van der Waals surface area contributed by atoms with Crippen molar-refractivity contribution in [3.63, 3.8) is 0 Å². The van der Waals surface area contributed by atoms with E-state index in [4.69, 9.17) is 4.74 Å². The van der Waals surface area contributed by atoms with Crippen molar-refractivity contribution in [2.24, 2.45) is 0 Å². The van der Waals surface area contributed by atoms with Crippen LogP contribution in [0, 0.1) is 5.82 Å². The Labute approximate surface area is 210 Å². The number of hydrogen-bond donors (Lipinski definition) is 2. The molecule has 8 heteroatoms. The monoisotopic (exact) mass is 494 g/mol. The molecule has 0 saturated carbocycles. The molecule has 3 heterocycles. The summed E-state index contributed by atoms with van der Waals surface area (Å²) < 4.78 is 24.8. The number of pyridine rings is 2. The van der Waals surface area contributed by atoms with Gasteiger partial charge in [0.05, 0.1) is 18.3 Å². The zero-order chi connectivity index (χ0) is 25.8. The van der Waals surface area contributed by atoms with E-state index in [0.29, 0.717) is 42.9 Å². The van der Waals surface area contributed by atoms with Crippen molar-refractivity contribution < 1.29 is 9.13 Å². The van der Waals surface area contributed by atoms with Gasteiger partial charge in [-0.1, -0.05) is 12.1 Å². The maximum absolute atomic E-state index is 15.8. The Morgan fingerprint density at radius 2 is 1.61 bits per heavy atom. The number of rotatable bonds is 8. The fraction of sp³-hybridized carbons (Fsp3) is 0.429. The molecule has 1 fully saturated rings. The van der Waals surface area contributed by atoms with E-state index in [1.54, 1.807) is 53.4 Å². The molecule has 4 rings (SSSR count). The standard InChI is InChI=1S/C28H35FN4O3/c1-18(2)30-23-9-6-13-32(27(23)34)17-21-16-20(12-15-36-21)22-8-5-11-25(26(22)29)33-14-7-10-24(28(33)35)31-19(3)4/h5-11,13-14,18-21,30-31H,12,15-17H2,1-4H3/t20?,21-/m0/s1. The molecule has 2 N–H and O–H groups in total. The molecule has 192 valence electrons. The third-order valence-electron chi connectivity index (χ3n) is 6.33. The van der Waals surface area contributed by atoms with Gasteiger partial charge in [0.2, 0.25) is 0 Å². The molecule has 1 aliphatic rings. The molecule has 1 aliphatic heterocycles. The molecule has 3 aromatic rings. The first-order valence-corrected chi connectivity index (χ1v) is 12.6. The topological polar surface area (TPSA) is 77.3 Å². The second kappa shape index (κ2) is 11.1. The van der Waals surface area contributed by atoms with Gasteiger partial charge in [-0.15, -0.1) is 0 Å². The predicted octanol–water partition coefficient (Wildman–Crippen LogP) is 4.74. The van der Waals surface area contributed by atoms with Crippen LogP contribution < -0.4 is 21.8 Å². The summed E-state index contributed by atoms with van der Waals surface area (Å²) in [4.78, 5) is 25.9. The summed E-state index contributed by atoms with van der Waals surface area (Å²) >= 11 is 0. The molecule has 0 amide bonds. The van der Waals surface area contributed by atoms with Crippen LogP contribution in [0.5, 0.6) is 0 Å². The van der Waals surface area contributed by atoms with Crippen LogP contribution >= 0.6 is 0 Å². The molecule has 1 aromatic carbocycles. The maximum atomic E-state index is 15.8. The van der Waals surface area contributed by atoms with Crippen molar-refractivity contribution in [1.82, 2.24) is 9.13 Å². The minimum absolute atomic E-state index is 0.0796. The normalized spacial score (nSPS) is 18.0. The zero-order valence-corrected chi connectivity index (χ0v) is 21.3. The van der Waals surface area contributed by atoms with E-state index in [9.17, 15) is 9.59 Å². The summed E-state index contributed by atoms with van der Waals surface area (Å²) in [7, 11) is 0. The number of nitrogens with zero attached hydrogens (tertiary/aromatic N) is 2. The highest BCUT2D eigenvalue weighted by molar-refractivity contribution is 5.47. The van der Waals surface area contributed by atoms with Crippen LogP contribution in [-0.4, -0.2) is 33.9 Å². The lowest BCUT2D eigenvalue weighted by molar-refractivity contribution is -0.00403. The number of ether oxygens (including phenoxy) is 1. The Hall–Kier alpha value is -3.39. The zero-order valence-electron chi connectivity index (χ0n) is 21.3. The number of hydrogen-bond acceptors (Lipinski definition) is 5. The molecule has 0 radical (unpaired) electrons. The highest BCUT2D eigenvalue weighted by atomic mass is 19.1. The molecule has 36 heavy (non-hydrogen) atoms. The number of halogens is 1. The van der Waals surface area contributed by atoms with E-state index in [1.165, 1.54) is 4.57 Å². The average Bonchev–Trinajstić information content (AvgIpc) is 2.83. The van der Waals surface area contributed by atoms with Crippen LogP contribution in [0.1, 0.15) is 52.0 Å². The Balaban J connectivity index is 1.57. The van der Waals surface area contributed by atoms with Gasteiger partial charge >= 0.3 is 0 Å². The van der Waals surface area contributed by atoms with Gasteiger partial charge in [-0.25, -0.2) is 4.39 Å². The minimum Gasteiger partial charge on any atom is -0.378 e. The minimum atomic E-state index is -0.396. The van der Waals surface area contributed by atoms with Crippen molar-refractivity contribution >= 4 is 11.4 Å². The Morgan fingerprint density at radius 1 is 0.944 bits per heavy atom. The first-order valence-electron chi connectivity index (χ1n) is 12.6. The SMILES string of the molecule is CC(C)Nc1cccn(C[C@@H]2CC(c3cccc(-n4cccc(NC(C)C)c4=O)c3F)CCO2)c1=O. The molecule has 0 aliphatic carbocycles. The number of nitrogens with one attached hydrogen (secondary N) is 2. The second-order valence-corrected chi connectivity index (χ2v) is 9.97. The highest BCUT2D eigenvalue weighted by Gasteiger charge is 2.28. The molecule has 7 nitrogen and oxygen atoms in total. The van der Waals surface area contributed by atoms with E-state index in [1.807, 2.05) is 33.8 Å². The number of benzene rings is 1. The maximum Gasteiger partial charge on any atom is 0.278 e. The van der Waals surface area contributed by atoms with Crippen LogP contribution in [0.2, 0.25) is 0 Å². The molecule has 1 unspecified atom stereocenters. The lowest BCUT2D eigenvalue weighted by Crippen LogP contribution is -2.34. The molecular formula is C28H35FN4O3. The molecule has 1 saturated heterocycles. The van der Waals surface area contributed by atoms with Gasteiger partial charge in [-0.05, 0) is 82.3 Å². The summed E-state index contributed by atoms with van der Waals surface area (Å²) in [5.74, 6) is -0.476. The third kappa shape index (κ3) is 5.70. The van der Waals surface area contributed by atoms with E-state index < -0.39 is 5.82 Å². The fourth-order valence-electron chi connectivity index (χ4n) is 4.75. The van der Waals surface area contributed by atoms with Crippen molar-refractivity contribution in [2.45, 2.75) is 71.2 Å². The van der Waals surface area contributed by atoms with Crippen LogP contribution in [-0.2, 0) is 11.3 Å². The molecule has 2 atom stereocenters. The quantitative estimate of drug-likeness (QED) is 0.473. The summed E-state index contributed by atoms with van der Waals surface area (Å²) in [5, 5.41) is 6.30. The Kier molecular flexibility index (Phi) is 7.94. The van der Waals surface area contributed by atoms with Gasteiger partial charge in [-0.3, -0.25) is 14.2 Å². The largest absolute Gasteiger partial charge is 0.378 e. The van der Waals surface area contributed by atoms with Crippen LogP contribution in [0.4, 0.5) is 15.8 Å². The second-order valence-electron chi connectivity index (χ2n) is 9.97. The predicted molar refractivity (Wildman–Crippen MR) is 142 cm³/mol. The van der Waals surface area contributed by atoms with Crippen molar-refractivity contribution in [3.8, 4) is 5.69 Å². The summed E-state index contributed by atoms with van der Waals surface area (Å²) in [6.45, 7) is 8.74. The van der Waals surface area contributed by atoms with Gasteiger partial charge in [0.25, 0.3) is 11.1 Å². The van der Waals surface area contributed by atoms with Crippen LogP contribution in [0.15, 0.2) is 64.4 Å². The Bertz CT molecular complexity index is 1310. The lowest BCUT2D eigenvalue weighted by atomic mass is 9.87. The van der Waals surface area contributed by atoms with Crippen molar-refractivity contribution in [3.05, 3.63) is 86.9 Å². The van der Waals surface area contributed by atoms with Crippen molar-refractivity contribution in [1.29, 1.82) is 0 Å². The summed E-state index contributed by atoms with van der Waals surface area (Å²) in [6, 6.07) is 12.5. The third-order valence-corrected chi connectivity index (χ3v) is 6.33. The van der Waals surface area contributed by atoms with Crippen LogP contribution in [0.3, 0.4) is 0 Å². The van der Waals surface area contributed by atoms with Gasteiger partial charge < -0.3 is 19.9 Å². The molecule has 0 bridgehead atoms. The molecule has 2 aromatic heterocycles. The average molecular weight is 495 g/mol. The lowest BCUT2D eigenvalue weighted by Gasteiger charge is -2.31. The molecule has 0 spiro atoms. The van der Waals surface area contributed by atoms with E-state index in [-0.39, 0.29) is 40.9 Å². The van der Waals surface area contributed by atoms with E-state index in [2.05, 4.69) is 10.6 Å². The van der Waals surface area contributed by atoms with E-state index in [0.717, 1.165) is 0 Å². The smallest absolute Gasteiger partial charge is 0.278 e. The number of aromatic nitrogens is 2. The number of anilines is 2. The highest BCUT2D eigenvalue weighted by Crippen LogP contribution is 2.34. The van der Waals surface area contributed by atoms with Crippen molar-refractivity contribution in [2.75, 3.05) is 17.2 Å².